The molecular formula is C24H20N4O6. The third kappa shape index (κ3) is 3.40. The van der Waals surface area contributed by atoms with Crippen molar-refractivity contribution in [2.24, 2.45) is 12.8 Å². The fourth-order valence-electron chi connectivity index (χ4n) is 4.04. The lowest BCUT2D eigenvalue weighted by Crippen LogP contribution is -2.40. The van der Waals surface area contributed by atoms with Crippen LogP contribution in [0.2, 0.25) is 0 Å². The van der Waals surface area contributed by atoms with Gasteiger partial charge in [0.2, 0.25) is 0 Å². The van der Waals surface area contributed by atoms with Gasteiger partial charge in [-0.3, -0.25) is 9.47 Å². The molecule has 0 bridgehead atoms. The monoisotopic (exact) mass is 460 g/mol. The van der Waals surface area contributed by atoms with E-state index >= 15 is 0 Å². The van der Waals surface area contributed by atoms with Crippen molar-refractivity contribution in [1.29, 1.82) is 5.26 Å². The Bertz CT molecular complexity index is 1470. The van der Waals surface area contributed by atoms with Gasteiger partial charge in [0.1, 0.15) is 11.5 Å². The number of methoxy groups -OCH3 is 2. The van der Waals surface area contributed by atoms with E-state index in [4.69, 9.17) is 19.6 Å². The first-order chi connectivity index (χ1) is 16.3. The molecule has 2 N–H and O–H groups in total. The van der Waals surface area contributed by atoms with Crippen molar-refractivity contribution in [2.75, 3.05) is 19.1 Å². The van der Waals surface area contributed by atoms with E-state index in [2.05, 4.69) is 6.07 Å². The van der Waals surface area contributed by atoms with Gasteiger partial charge >= 0.3 is 17.7 Å². The Hall–Kier alpha value is -4.78. The van der Waals surface area contributed by atoms with Gasteiger partial charge in [-0.15, -0.1) is 0 Å². The molecule has 10 heteroatoms. The molecule has 0 aliphatic carbocycles. The third-order valence-electron chi connectivity index (χ3n) is 5.64. The molecule has 34 heavy (non-hydrogen) atoms. The topological polar surface area (TPSA) is 141 Å². The normalized spacial score (nSPS) is 15.9. The molecule has 0 radical (unpaired) electrons. The molecule has 0 amide bonds. The number of rotatable bonds is 4. The number of ether oxygens (including phenoxy) is 2. The van der Waals surface area contributed by atoms with Crippen molar-refractivity contribution in [3.8, 4) is 6.07 Å². The largest absolute Gasteiger partial charge is 0.466 e. The van der Waals surface area contributed by atoms with Crippen molar-refractivity contribution in [2.45, 2.75) is 5.92 Å². The standard InChI is InChI=1S/C24H20N4O6/c1-27-16-11-14(9-10-17(16)34-24(27)31)28-20(23(30)33-3)19(22(29)32-2)18(15(12-25)21(28)26)13-7-5-4-6-8-13/h4-11,18H,26H2,1-3H3. The van der Waals surface area contributed by atoms with E-state index < -0.39 is 23.6 Å². The van der Waals surface area contributed by atoms with Gasteiger partial charge in [-0.25, -0.2) is 14.4 Å². The summed E-state index contributed by atoms with van der Waals surface area (Å²) in [6.45, 7) is 0. The highest BCUT2D eigenvalue weighted by Crippen LogP contribution is 2.43. The maximum absolute atomic E-state index is 13.1. The molecule has 172 valence electrons. The van der Waals surface area contributed by atoms with Gasteiger partial charge in [0.15, 0.2) is 5.58 Å². The van der Waals surface area contributed by atoms with Crippen molar-refractivity contribution in [3.63, 3.8) is 0 Å². The summed E-state index contributed by atoms with van der Waals surface area (Å²) >= 11 is 0. The van der Waals surface area contributed by atoms with E-state index in [0.717, 1.165) is 0 Å². The molecule has 1 aliphatic rings. The SMILES string of the molecule is COC(=O)C1=C(C(=O)OC)N(c2ccc3oc(=O)n(C)c3c2)C(N)=C(C#N)C1c1ccccc1. The van der Waals surface area contributed by atoms with Crippen LogP contribution >= 0.6 is 0 Å². The average Bonchev–Trinajstić information content (AvgIpc) is 3.15. The zero-order valence-corrected chi connectivity index (χ0v) is 18.6. The Balaban J connectivity index is 2.08. The molecule has 3 aromatic rings. The Kier molecular flexibility index (Phi) is 5.69. The number of hydrogen-bond donors (Lipinski definition) is 1. The highest BCUT2D eigenvalue weighted by molar-refractivity contribution is 6.06. The van der Waals surface area contributed by atoms with Gasteiger partial charge in [0, 0.05) is 7.05 Å². The number of esters is 2. The van der Waals surface area contributed by atoms with Crippen LogP contribution in [-0.4, -0.2) is 30.7 Å². The maximum Gasteiger partial charge on any atom is 0.419 e. The van der Waals surface area contributed by atoms with E-state index in [1.807, 2.05) is 0 Å². The molecule has 10 nitrogen and oxygen atoms in total. The predicted octanol–water partition coefficient (Wildman–Crippen LogP) is 2.03. The summed E-state index contributed by atoms with van der Waals surface area (Å²) in [6.07, 6.45) is 0. The summed E-state index contributed by atoms with van der Waals surface area (Å²) in [5.41, 5.74) is 7.81. The number of carbonyl (C=O) groups excluding carboxylic acids is 2. The van der Waals surface area contributed by atoms with Crippen LogP contribution < -0.4 is 16.4 Å². The number of oxazole rings is 1. The molecule has 1 aliphatic heterocycles. The number of allylic oxidation sites excluding steroid dienone is 1. The van der Waals surface area contributed by atoms with Gasteiger partial charge in [0.05, 0.1) is 48.6 Å². The van der Waals surface area contributed by atoms with Crippen LogP contribution in [0.1, 0.15) is 11.5 Å². The summed E-state index contributed by atoms with van der Waals surface area (Å²) in [4.78, 5) is 39.3. The number of nitriles is 1. The second kappa shape index (κ2) is 8.63. The Morgan fingerprint density at radius 1 is 1.09 bits per heavy atom. The van der Waals surface area contributed by atoms with Crippen LogP contribution in [0, 0.1) is 11.3 Å². The zero-order chi connectivity index (χ0) is 24.6. The van der Waals surface area contributed by atoms with Crippen LogP contribution in [0.5, 0.6) is 0 Å². The van der Waals surface area contributed by atoms with Gasteiger partial charge < -0.3 is 19.6 Å². The highest BCUT2D eigenvalue weighted by Gasteiger charge is 2.43. The van der Waals surface area contributed by atoms with Crippen LogP contribution in [0.4, 0.5) is 5.69 Å². The number of fused-ring (bicyclic) bond motifs is 1. The average molecular weight is 460 g/mol. The molecule has 0 saturated heterocycles. The van der Waals surface area contributed by atoms with Crippen LogP contribution in [-0.2, 0) is 26.1 Å². The minimum Gasteiger partial charge on any atom is -0.466 e. The first kappa shape index (κ1) is 22.4. The Morgan fingerprint density at radius 2 is 1.76 bits per heavy atom. The number of aromatic nitrogens is 1. The van der Waals surface area contributed by atoms with E-state index in [0.29, 0.717) is 22.4 Å². The molecule has 0 fully saturated rings. The summed E-state index contributed by atoms with van der Waals surface area (Å²) in [5, 5.41) is 10.1. The quantitative estimate of drug-likeness (QED) is 0.579. The van der Waals surface area contributed by atoms with E-state index in [9.17, 15) is 19.6 Å². The van der Waals surface area contributed by atoms with E-state index in [-0.39, 0.29) is 22.7 Å². The highest BCUT2D eigenvalue weighted by atomic mass is 16.5. The van der Waals surface area contributed by atoms with Crippen molar-refractivity contribution >= 4 is 28.7 Å². The smallest absolute Gasteiger partial charge is 0.419 e. The predicted molar refractivity (Wildman–Crippen MR) is 121 cm³/mol. The molecule has 1 unspecified atom stereocenters. The van der Waals surface area contributed by atoms with Gasteiger partial charge in [0.25, 0.3) is 0 Å². The van der Waals surface area contributed by atoms with Crippen LogP contribution in [0.15, 0.2) is 80.4 Å². The fraction of sp³-hybridized carbons (Fsp3) is 0.167. The molecule has 0 spiro atoms. The lowest BCUT2D eigenvalue weighted by Gasteiger charge is -2.35. The Morgan fingerprint density at radius 3 is 2.38 bits per heavy atom. The molecule has 0 saturated carbocycles. The fourth-order valence-corrected chi connectivity index (χ4v) is 4.04. The number of nitrogens with zero attached hydrogens (tertiary/aromatic N) is 3. The van der Waals surface area contributed by atoms with Gasteiger partial charge in [-0.1, -0.05) is 30.3 Å². The number of benzene rings is 2. The lowest BCUT2D eigenvalue weighted by molar-refractivity contribution is -0.139. The molecule has 1 aromatic heterocycles. The minimum atomic E-state index is -0.967. The van der Waals surface area contributed by atoms with E-state index in [1.54, 1.807) is 42.5 Å². The second-order valence-corrected chi connectivity index (χ2v) is 7.41. The van der Waals surface area contributed by atoms with Gasteiger partial charge in [-0.05, 0) is 23.8 Å². The number of hydrogen-bond acceptors (Lipinski definition) is 9. The number of anilines is 1. The third-order valence-corrected chi connectivity index (χ3v) is 5.64. The Labute approximate surface area is 193 Å². The van der Waals surface area contributed by atoms with E-state index in [1.165, 1.54) is 36.8 Å². The minimum absolute atomic E-state index is 0.0421. The first-order valence-electron chi connectivity index (χ1n) is 10.1. The van der Waals surface area contributed by atoms with Crippen molar-refractivity contribution in [1.82, 2.24) is 4.57 Å². The molecule has 2 heterocycles. The van der Waals surface area contributed by atoms with Gasteiger partial charge in [-0.2, -0.15) is 5.26 Å². The summed E-state index contributed by atoms with van der Waals surface area (Å²) in [5.74, 6) is -3.29. The first-order valence-corrected chi connectivity index (χ1v) is 10.1. The number of carbonyl (C=O) groups is 2. The molecule has 4 rings (SSSR count). The lowest BCUT2D eigenvalue weighted by atomic mass is 9.81. The number of nitrogens with two attached hydrogens (primary N) is 1. The van der Waals surface area contributed by atoms with Crippen LogP contribution in [0.25, 0.3) is 11.1 Å². The molecular weight excluding hydrogens is 440 g/mol. The molecule has 1 atom stereocenters. The summed E-state index contributed by atoms with van der Waals surface area (Å²) < 4.78 is 16.5. The van der Waals surface area contributed by atoms with Crippen molar-refractivity contribution in [3.05, 3.63) is 87.3 Å². The van der Waals surface area contributed by atoms with Crippen LogP contribution in [0.3, 0.4) is 0 Å². The zero-order valence-electron chi connectivity index (χ0n) is 18.6. The molecule has 2 aromatic carbocycles. The maximum atomic E-state index is 13.1. The van der Waals surface area contributed by atoms with Crippen molar-refractivity contribution < 1.29 is 23.5 Å². The summed E-state index contributed by atoms with van der Waals surface area (Å²) in [7, 11) is 3.87. The number of aryl methyl sites for hydroxylation is 1. The second-order valence-electron chi connectivity index (χ2n) is 7.41. The summed E-state index contributed by atoms with van der Waals surface area (Å²) in [6, 6.07) is 15.4.